The Bertz CT molecular complexity index is 221. The van der Waals surface area contributed by atoms with Crippen LogP contribution < -0.4 is 5.32 Å². The maximum absolute atomic E-state index is 11.1. The van der Waals surface area contributed by atoms with Gasteiger partial charge in [-0.15, -0.1) is 0 Å². The lowest BCUT2D eigenvalue weighted by atomic mass is 10.2. The van der Waals surface area contributed by atoms with E-state index in [0.29, 0.717) is 19.1 Å². The molecule has 0 rings (SSSR count). The van der Waals surface area contributed by atoms with E-state index in [-0.39, 0.29) is 5.91 Å². The lowest BCUT2D eigenvalue weighted by Crippen LogP contribution is -2.25. The Hall–Kier alpha value is -1.32. The summed E-state index contributed by atoms with van der Waals surface area (Å²) in [5.74, 6) is -0.367. The fraction of sp³-hybridized carbons (Fsp3) is 0.600. The number of ether oxygens (including phenoxy) is 1. The average molecular weight is 199 g/mol. The molecule has 0 atom stereocenters. The van der Waals surface area contributed by atoms with Crippen LogP contribution in [0.25, 0.3) is 0 Å². The van der Waals surface area contributed by atoms with Gasteiger partial charge in [0.25, 0.3) is 0 Å². The summed E-state index contributed by atoms with van der Waals surface area (Å²) in [5.41, 5.74) is 0. The number of carbonyl (C=O) groups is 2. The molecule has 0 aliphatic rings. The third-order valence-corrected chi connectivity index (χ3v) is 1.34. The number of amides is 1. The maximum Gasteiger partial charge on any atom is 0.330 e. The van der Waals surface area contributed by atoms with Gasteiger partial charge in [0.1, 0.15) is 0 Å². The summed E-state index contributed by atoms with van der Waals surface area (Å²) in [6.45, 7) is 6.62. The van der Waals surface area contributed by atoms with Crippen molar-refractivity contribution in [3.63, 3.8) is 0 Å². The van der Waals surface area contributed by atoms with Crippen molar-refractivity contribution in [2.45, 2.75) is 20.8 Å². The molecule has 4 heteroatoms. The van der Waals surface area contributed by atoms with Gasteiger partial charge in [-0.2, -0.15) is 0 Å². The Morgan fingerprint density at radius 1 is 1.36 bits per heavy atom. The monoisotopic (exact) mass is 199 g/mol. The predicted molar refractivity (Wildman–Crippen MR) is 53.6 cm³/mol. The SMILES string of the molecule is CCOC(=O)C=CC(=O)NCC(C)C. The Morgan fingerprint density at radius 3 is 2.50 bits per heavy atom. The van der Waals surface area contributed by atoms with Gasteiger partial charge in [-0.1, -0.05) is 13.8 Å². The molecule has 0 radical (unpaired) electrons. The van der Waals surface area contributed by atoms with Crippen LogP contribution in [-0.4, -0.2) is 25.0 Å². The lowest BCUT2D eigenvalue weighted by Gasteiger charge is -2.03. The van der Waals surface area contributed by atoms with E-state index in [1.165, 1.54) is 6.08 Å². The molecule has 0 saturated carbocycles. The smallest absolute Gasteiger partial charge is 0.330 e. The molecule has 1 amide bonds. The number of rotatable bonds is 5. The van der Waals surface area contributed by atoms with Gasteiger partial charge in [0.05, 0.1) is 6.61 Å². The molecule has 0 aromatic heterocycles. The largest absolute Gasteiger partial charge is 0.463 e. The third kappa shape index (κ3) is 7.34. The quantitative estimate of drug-likeness (QED) is 0.528. The summed E-state index contributed by atoms with van der Waals surface area (Å²) in [4.78, 5) is 21.8. The van der Waals surface area contributed by atoms with Gasteiger partial charge < -0.3 is 10.1 Å². The molecule has 0 aliphatic carbocycles. The molecular weight excluding hydrogens is 182 g/mol. The van der Waals surface area contributed by atoms with E-state index < -0.39 is 5.97 Å². The van der Waals surface area contributed by atoms with Crippen LogP contribution in [0.2, 0.25) is 0 Å². The fourth-order valence-corrected chi connectivity index (χ4v) is 0.698. The van der Waals surface area contributed by atoms with Gasteiger partial charge >= 0.3 is 5.97 Å². The first-order chi connectivity index (χ1) is 6.56. The van der Waals surface area contributed by atoms with Crippen LogP contribution in [0, 0.1) is 5.92 Å². The van der Waals surface area contributed by atoms with Crippen molar-refractivity contribution in [3.05, 3.63) is 12.2 Å². The highest BCUT2D eigenvalue weighted by Gasteiger charge is 1.99. The second kappa shape index (κ2) is 7.12. The van der Waals surface area contributed by atoms with Crippen molar-refractivity contribution in [2.75, 3.05) is 13.2 Å². The van der Waals surface area contributed by atoms with E-state index in [1.807, 2.05) is 13.8 Å². The van der Waals surface area contributed by atoms with Crippen LogP contribution in [-0.2, 0) is 14.3 Å². The van der Waals surface area contributed by atoms with E-state index in [1.54, 1.807) is 6.92 Å². The number of nitrogens with one attached hydrogen (secondary N) is 1. The molecule has 0 saturated heterocycles. The van der Waals surface area contributed by atoms with E-state index in [4.69, 9.17) is 0 Å². The molecule has 0 heterocycles. The van der Waals surface area contributed by atoms with Crippen LogP contribution in [0.5, 0.6) is 0 Å². The molecule has 0 spiro atoms. The van der Waals surface area contributed by atoms with Crippen LogP contribution in [0.1, 0.15) is 20.8 Å². The van der Waals surface area contributed by atoms with E-state index in [9.17, 15) is 9.59 Å². The highest BCUT2D eigenvalue weighted by Crippen LogP contribution is 1.87. The molecule has 14 heavy (non-hydrogen) atoms. The first kappa shape index (κ1) is 12.7. The van der Waals surface area contributed by atoms with Crippen molar-refractivity contribution < 1.29 is 14.3 Å². The van der Waals surface area contributed by atoms with Crippen molar-refractivity contribution in [3.8, 4) is 0 Å². The Kier molecular flexibility index (Phi) is 6.45. The van der Waals surface area contributed by atoms with Crippen LogP contribution >= 0.6 is 0 Å². The second-order valence-electron chi connectivity index (χ2n) is 3.22. The van der Waals surface area contributed by atoms with Crippen molar-refractivity contribution in [2.24, 2.45) is 5.92 Å². The standard InChI is InChI=1S/C10H17NO3/c1-4-14-10(13)6-5-9(12)11-7-8(2)3/h5-6,8H,4,7H2,1-3H3,(H,11,12). The third-order valence-electron chi connectivity index (χ3n) is 1.34. The second-order valence-corrected chi connectivity index (χ2v) is 3.22. The molecule has 0 aromatic carbocycles. The summed E-state index contributed by atoms with van der Waals surface area (Å²) in [7, 11) is 0. The highest BCUT2D eigenvalue weighted by atomic mass is 16.5. The zero-order valence-corrected chi connectivity index (χ0v) is 8.87. The Balaban J connectivity index is 3.76. The molecule has 0 fully saturated rings. The lowest BCUT2D eigenvalue weighted by molar-refractivity contribution is -0.137. The zero-order valence-electron chi connectivity index (χ0n) is 8.87. The molecule has 4 nitrogen and oxygen atoms in total. The van der Waals surface area contributed by atoms with Gasteiger partial charge in [-0.05, 0) is 12.8 Å². The van der Waals surface area contributed by atoms with Gasteiger partial charge in [0, 0.05) is 18.7 Å². The fourth-order valence-electron chi connectivity index (χ4n) is 0.698. The van der Waals surface area contributed by atoms with E-state index >= 15 is 0 Å². The number of esters is 1. The minimum Gasteiger partial charge on any atom is -0.463 e. The van der Waals surface area contributed by atoms with Gasteiger partial charge in [-0.3, -0.25) is 4.79 Å². The first-order valence-electron chi connectivity index (χ1n) is 4.69. The molecular formula is C10H17NO3. The van der Waals surface area contributed by atoms with E-state index in [0.717, 1.165) is 6.08 Å². The predicted octanol–water partition coefficient (Wildman–Crippen LogP) is 0.878. The topological polar surface area (TPSA) is 55.4 Å². The first-order valence-corrected chi connectivity index (χ1v) is 4.69. The molecule has 80 valence electrons. The minimum absolute atomic E-state index is 0.272. The highest BCUT2D eigenvalue weighted by molar-refractivity contribution is 5.94. The summed E-state index contributed by atoms with van der Waals surface area (Å²) < 4.78 is 4.61. The minimum atomic E-state index is -0.493. The maximum atomic E-state index is 11.1. The van der Waals surface area contributed by atoms with Crippen molar-refractivity contribution in [1.82, 2.24) is 5.32 Å². The zero-order chi connectivity index (χ0) is 11.0. The number of hydrogen-bond acceptors (Lipinski definition) is 3. The molecule has 0 unspecified atom stereocenters. The molecule has 0 aliphatic heterocycles. The van der Waals surface area contributed by atoms with Crippen LogP contribution in [0.4, 0.5) is 0 Å². The van der Waals surface area contributed by atoms with Gasteiger partial charge in [-0.25, -0.2) is 4.79 Å². The Labute approximate surface area is 84.3 Å². The summed E-state index contributed by atoms with van der Waals surface area (Å²) in [5, 5.41) is 2.65. The van der Waals surface area contributed by atoms with Crippen molar-refractivity contribution >= 4 is 11.9 Å². The number of hydrogen-bond donors (Lipinski definition) is 1. The average Bonchev–Trinajstić information content (AvgIpc) is 2.12. The van der Waals surface area contributed by atoms with Crippen LogP contribution in [0.15, 0.2) is 12.2 Å². The number of carbonyl (C=O) groups excluding carboxylic acids is 2. The Morgan fingerprint density at radius 2 is 2.00 bits per heavy atom. The molecule has 0 aromatic rings. The van der Waals surface area contributed by atoms with Crippen molar-refractivity contribution in [1.29, 1.82) is 0 Å². The molecule has 1 N–H and O–H groups in total. The van der Waals surface area contributed by atoms with Gasteiger partial charge in [0.2, 0.25) is 5.91 Å². The summed E-state index contributed by atoms with van der Waals surface area (Å²) >= 11 is 0. The summed E-state index contributed by atoms with van der Waals surface area (Å²) in [6, 6.07) is 0. The van der Waals surface area contributed by atoms with E-state index in [2.05, 4.69) is 10.1 Å². The molecule has 0 bridgehead atoms. The van der Waals surface area contributed by atoms with Crippen LogP contribution in [0.3, 0.4) is 0 Å². The van der Waals surface area contributed by atoms with Gasteiger partial charge in [0.15, 0.2) is 0 Å². The summed E-state index contributed by atoms with van der Waals surface area (Å²) in [6.07, 6.45) is 2.31. The normalized spacial score (nSPS) is 10.6.